The maximum absolute atomic E-state index is 12.9. The molecule has 2 aliphatic rings. The maximum atomic E-state index is 12.9. The molecule has 0 radical (unpaired) electrons. The van der Waals surface area contributed by atoms with Crippen molar-refractivity contribution in [2.75, 3.05) is 40.3 Å². The van der Waals surface area contributed by atoms with Crippen LogP contribution in [0.3, 0.4) is 0 Å². The predicted molar refractivity (Wildman–Crippen MR) is 96.8 cm³/mol. The van der Waals surface area contributed by atoms with Crippen molar-refractivity contribution in [3.8, 4) is 0 Å². The Morgan fingerprint density at radius 3 is 2.54 bits per heavy atom. The molecule has 2 fully saturated rings. The highest BCUT2D eigenvalue weighted by Gasteiger charge is 2.33. The first-order valence-corrected chi connectivity index (χ1v) is 9.25. The molecule has 1 N–H and O–H groups in total. The van der Waals surface area contributed by atoms with Gasteiger partial charge in [-0.1, -0.05) is 0 Å². The Morgan fingerprint density at radius 2 is 1.88 bits per heavy atom. The van der Waals surface area contributed by atoms with Crippen LogP contribution in [0.25, 0.3) is 0 Å². The number of rotatable bonds is 2. The van der Waals surface area contributed by atoms with E-state index in [1.165, 1.54) is 6.33 Å². The molecule has 8 heteroatoms. The summed E-state index contributed by atoms with van der Waals surface area (Å²) in [6.07, 6.45) is 4.77. The molecule has 0 aliphatic carbocycles. The van der Waals surface area contributed by atoms with Crippen LogP contribution in [-0.4, -0.2) is 76.9 Å². The molecule has 26 heavy (non-hydrogen) atoms. The van der Waals surface area contributed by atoms with Crippen LogP contribution in [0, 0.1) is 5.92 Å². The summed E-state index contributed by atoms with van der Waals surface area (Å²) in [6.45, 7) is 2.58. The lowest BCUT2D eigenvalue weighted by Crippen LogP contribution is -2.50. The molecule has 0 bridgehead atoms. The van der Waals surface area contributed by atoms with Gasteiger partial charge in [-0.05, 0) is 25.7 Å². The molecule has 1 aromatic rings. The van der Waals surface area contributed by atoms with E-state index in [0.29, 0.717) is 19.6 Å². The standard InChI is InChI=1S/C18H27N5O3/c1-21(2)18(26)23-7-3-4-14(11-23)17(25)22-8-5-13(6-9-22)15-10-16(24)20-12-19-15/h10,12-14H,3-9,11H2,1-2H3,(H,19,20,24). The fraction of sp³-hybridized carbons (Fsp3) is 0.667. The Labute approximate surface area is 153 Å². The minimum absolute atomic E-state index is 0.0263. The highest BCUT2D eigenvalue weighted by atomic mass is 16.2. The van der Waals surface area contributed by atoms with Gasteiger partial charge in [0.2, 0.25) is 5.91 Å². The van der Waals surface area contributed by atoms with Gasteiger partial charge in [0.1, 0.15) is 0 Å². The Kier molecular flexibility index (Phi) is 5.58. The van der Waals surface area contributed by atoms with Crippen LogP contribution in [0.2, 0.25) is 0 Å². The Hall–Kier alpha value is -2.38. The summed E-state index contributed by atoms with van der Waals surface area (Å²) in [5, 5.41) is 0. The monoisotopic (exact) mass is 361 g/mol. The van der Waals surface area contributed by atoms with Crippen LogP contribution in [0.1, 0.15) is 37.3 Å². The summed E-state index contributed by atoms with van der Waals surface area (Å²) in [6, 6.07) is 1.52. The number of hydrogen-bond donors (Lipinski definition) is 1. The zero-order valence-electron chi connectivity index (χ0n) is 15.5. The number of H-pyrrole nitrogens is 1. The maximum Gasteiger partial charge on any atom is 0.319 e. The third kappa shape index (κ3) is 4.05. The summed E-state index contributed by atoms with van der Waals surface area (Å²) in [5.41, 5.74) is 0.669. The van der Waals surface area contributed by atoms with Gasteiger partial charge in [-0.3, -0.25) is 9.59 Å². The first-order valence-electron chi connectivity index (χ1n) is 9.25. The van der Waals surface area contributed by atoms with Gasteiger partial charge in [0.05, 0.1) is 17.9 Å². The number of urea groups is 1. The van der Waals surface area contributed by atoms with Crippen molar-refractivity contribution in [3.05, 3.63) is 28.4 Å². The molecule has 3 rings (SSSR count). The molecule has 1 unspecified atom stereocenters. The number of hydrogen-bond acceptors (Lipinski definition) is 4. The van der Waals surface area contributed by atoms with E-state index in [1.54, 1.807) is 30.0 Å². The molecular weight excluding hydrogens is 334 g/mol. The SMILES string of the molecule is CN(C)C(=O)N1CCCC(C(=O)N2CCC(c3cc(=O)[nH]cn3)CC2)C1. The van der Waals surface area contributed by atoms with Gasteiger partial charge in [-0.15, -0.1) is 0 Å². The van der Waals surface area contributed by atoms with Crippen LogP contribution in [0.5, 0.6) is 0 Å². The average molecular weight is 361 g/mol. The smallest absolute Gasteiger partial charge is 0.319 e. The second-order valence-electron chi connectivity index (χ2n) is 7.40. The van der Waals surface area contributed by atoms with Gasteiger partial charge in [0, 0.05) is 52.3 Å². The van der Waals surface area contributed by atoms with Crippen LogP contribution >= 0.6 is 0 Å². The fourth-order valence-corrected chi connectivity index (χ4v) is 3.90. The first-order chi connectivity index (χ1) is 12.5. The molecule has 1 aromatic heterocycles. The molecule has 0 spiro atoms. The number of likely N-dealkylation sites (tertiary alicyclic amines) is 2. The highest BCUT2D eigenvalue weighted by molar-refractivity contribution is 5.81. The van der Waals surface area contributed by atoms with Crippen molar-refractivity contribution in [2.45, 2.75) is 31.6 Å². The normalized spacial score (nSPS) is 21.5. The average Bonchev–Trinajstić information content (AvgIpc) is 2.67. The number of piperidine rings is 2. The first kappa shape index (κ1) is 18.4. The van der Waals surface area contributed by atoms with E-state index in [9.17, 15) is 14.4 Å². The summed E-state index contributed by atoms with van der Waals surface area (Å²) in [5.74, 6) is 0.264. The third-order valence-electron chi connectivity index (χ3n) is 5.35. The molecule has 142 valence electrons. The van der Waals surface area contributed by atoms with Crippen LogP contribution in [-0.2, 0) is 4.79 Å². The van der Waals surface area contributed by atoms with E-state index in [1.807, 2.05) is 4.90 Å². The van der Waals surface area contributed by atoms with Gasteiger partial charge in [-0.25, -0.2) is 9.78 Å². The Bertz CT molecular complexity index is 709. The van der Waals surface area contributed by atoms with Gasteiger partial charge >= 0.3 is 6.03 Å². The van der Waals surface area contributed by atoms with E-state index in [0.717, 1.165) is 37.9 Å². The number of carbonyl (C=O) groups is 2. The van der Waals surface area contributed by atoms with E-state index in [4.69, 9.17) is 0 Å². The van der Waals surface area contributed by atoms with E-state index in [-0.39, 0.29) is 29.3 Å². The largest absolute Gasteiger partial charge is 0.342 e. The lowest BCUT2D eigenvalue weighted by Gasteiger charge is -2.38. The number of nitrogens with one attached hydrogen (secondary N) is 1. The second-order valence-corrected chi connectivity index (χ2v) is 7.40. The molecule has 0 aromatic carbocycles. The molecule has 2 saturated heterocycles. The van der Waals surface area contributed by atoms with Gasteiger partial charge in [0.15, 0.2) is 0 Å². The molecule has 1 atom stereocenters. The minimum Gasteiger partial charge on any atom is -0.342 e. The zero-order chi connectivity index (χ0) is 18.7. The summed E-state index contributed by atoms with van der Waals surface area (Å²) < 4.78 is 0. The number of nitrogens with zero attached hydrogens (tertiary/aromatic N) is 4. The predicted octanol–water partition coefficient (Wildman–Crippen LogP) is 0.870. The Balaban J connectivity index is 1.56. The van der Waals surface area contributed by atoms with E-state index < -0.39 is 0 Å². The molecular formula is C18H27N5O3. The van der Waals surface area contributed by atoms with Crippen molar-refractivity contribution in [2.24, 2.45) is 5.92 Å². The fourth-order valence-electron chi connectivity index (χ4n) is 3.90. The van der Waals surface area contributed by atoms with Gasteiger partial charge in [-0.2, -0.15) is 0 Å². The summed E-state index contributed by atoms with van der Waals surface area (Å²) in [4.78, 5) is 48.6. The van der Waals surface area contributed by atoms with E-state index in [2.05, 4.69) is 9.97 Å². The van der Waals surface area contributed by atoms with Crippen LogP contribution < -0.4 is 5.56 Å². The third-order valence-corrected chi connectivity index (χ3v) is 5.35. The molecule has 8 nitrogen and oxygen atoms in total. The molecule has 2 aliphatic heterocycles. The zero-order valence-corrected chi connectivity index (χ0v) is 15.5. The number of aromatic nitrogens is 2. The molecule has 3 heterocycles. The van der Waals surface area contributed by atoms with Crippen LogP contribution in [0.15, 0.2) is 17.2 Å². The quantitative estimate of drug-likeness (QED) is 0.846. The summed E-state index contributed by atoms with van der Waals surface area (Å²) >= 11 is 0. The van der Waals surface area contributed by atoms with Gasteiger partial charge in [0.25, 0.3) is 5.56 Å². The lowest BCUT2D eigenvalue weighted by atomic mass is 9.91. The number of carbonyl (C=O) groups excluding carboxylic acids is 2. The molecule has 0 saturated carbocycles. The second kappa shape index (κ2) is 7.88. The van der Waals surface area contributed by atoms with Crippen molar-refractivity contribution in [3.63, 3.8) is 0 Å². The minimum atomic E-state index is -0.138. The van der Waals surface area contributed by atoms with Crippen LogP contribution in [0.4, 0.5) is 4.79 Å². The van der Waals surface area contributed by atoms with Crippen molar-refractivity contribution in [1.29, 1.82) is 0 Å². The van der Waals surface area contributed by atoms with Crippen molar-refractivity contribution in [1.82, 2.24) is 24.7 Å². The van der Waals surface area contributed by atoms with Crippen molar-refractivity contribution < 1.29 is 9.59 Å². The molecule has 3 amide bonds. The highest BCUT2D eigenvalue weighted by Crippen LogP contribution is 2.28. The number of aromatic amines is 1. The Morgan fingerprint density at radius 1 is 1.15 bits per heavy atom. The van der Waals surface area contributed by atoms with E-state index >= 15 is 0 Å². The van der Waals surface area contributed by atoms with Gasteiger partial charge < -0.3 is 19.7 Å². The lowest BCUT2D eigenvalue weighted by molar-refractivity contribution is -0.138. The van der Waals surface area contributed by atoms with Crippen molar-refractivity contribution >= 4 is 11.9 Å². The topological polar surface area (TPSA) is 89.6 Å². The number of amides is 3. The summed E-state index contributed by atoms with van der Waals surface area (Å²) in [7, 11) is 3.47.